The number of anilines is 1. The van der Waals surface area contributed by atoms with E-state index in [2.05, 4.69) is 0 Å². The van der Waals surface area contributed by atoms with E-state index in [1.165, 1.54) is 6.07 Å². The summed E-state index contributed by atoms with van der Waals surface area (Å²) in [5, 5.41) is 0.706. The van der Waals surface area contributed by atoms with Crippen molar-refractivity contribution in [1.29, 1.82) is 0 Å². The van der Waals surface area contributed by atoms with Gasteiger partial charge in [0.2, 0.25) is 5.91 Å². The molecular weight excluding hydrogens is 299 g/mol. The van der Waals surface area contributed by atoms with E-state index in [1.54, 1.807) is 17.0 Å². The number of halogens is 2. The zero-order valence-electron chi connectivity index (χ0n) is 11.6. The highest BCUT2D eigenvalue weighted by atomic mass is 35.5. The molecule has 1 saturated heterocycles. The van der Waals surface area contributed by atoms with Gasteiger partial charge in [-0.15, -0.1) is 0 Å². The van der Waals surface area contributed by atoms with Crippen LogP contribution in [0, 0.1) is 0 Å². The second-order valence-corrected chi connectivity index (χ2v) is 6.50. The van der Waals surface area contributed by atoms with Gasteiger partial charge in [-0.25, -0.2) is 9.69 Å². The molecule has 1 aliphatic rings. The molecule has 1 fully saturated rings. The first-order chi connectivity index (χ1) is 9.21. The molecule has 4 nitrogen and oxygen atoms in total. The third kappa shape index (κ3) is 2.76. The minimum atomic E-state index is -0.341. The summed E-state index contributed by atoms with van der Waals surface area (Å²) in [6.07, 6.45) is 0.295. The molecule has 0 spiro atoms. The van der Waals surface area contributed by atoms with Crippen molar-refractivity contribution in [2.45, 2.75) is 32.7 Å². The van der Waals surface area contributed by atoms with Gasteiger partial charge in [-0.2, -0.15) is 0 Å². The molecule has 1 aromatic carbocycles. The van der Waals surface area contributed by atoms with Gasteiger partial charge in [-0.1, -0.05) is 23.2 Å². The number of imide groups is 1. The molecule has 0 saturated carbocycles. The molecule has 0 radical (unpaired) electrons. The molecule has 0 unspecified atom stereocenters. The maximum Gasteiger partial charge on any atom is 0.331 e. The van der Waals surface area contributed by atoms with E-state index in [-0.39, 0.29) is 17.5 Å². The predicted octanol–water partition coefficient (Wildman–Crippen LogP) is 3.95. The third-order valence-corrected chi connectivity index (χ3v) is 3.93. The van der Waals surface area contributed by atoms with Crippen molar-refractivity contribution < 1.29 is 9.59 Å². The first-order valence-electron chi connectivity index (χ1n) is 6.31. The van der Waals surface area contributed by atoms with Crippen LogP contribution < -0.4 is 4.90 Å². The van der Waals surface area contributed by atoms with Gasteiger partial charge in [0.25, 0.3) is 0 Å². The largest absolute Gasteiger partial charge is 0.331 e. The number of carbonyl (C=O) groups excluding carboxylic acids is 2. The summed E-state index contributed by atoms with van der Waals surface area (Å²) in [6, 6.07) is 4.41. The van der Waals surface area contributed by atoms with Gasteiger partial charge in [0.05, 0.1) is 15.7 Å². The van der Waals surface area contributed by atoms with Crippen LogP contribution >= 0.6 is 23.2 Å². The standard InChI is InChI=1S/C14H16Cl2N2O2/c1-14(2,3)17-7-6-12(19)18(13(17)20)9-4-5-10(15)11(16)8-9/h4-5,8H,6-7H2,1-3H3. The van der Waals surface area contributed by atoms with Crippen LogP contribution in [0.1, 0.15) is 27.2 Å². The van der Waals surface area contributed by atoms with Gasteiger partial charge in [0.15, 0.2) is 0 Å². The molecule has 0 bridgehead atoms. The monoisotopic (exact) mass is 314 g/mol. The molecule has 3 amide bonds. The van der Waals surface area contributed by atoms with E-state index in [4.69, 9.17) is 23.2 Å². The highest BCUT2D eigenvalue weighted by Crippen LogP contribution is 2.30. The van der Waals surface area contributed by atoms with E-state index in [0.29, 0.717) is 28.7 Å². The van der Waals surface area contributed by atoms with Gasteiger partial charge in [0, 0.05) is 18.5 Å². The van der Waals surface area contributed by atoms with Crippen LogP contribution in [0.3, 0.4) is 0 Å². The molecule has 1 aliphatic heterocycles. The fraction of sp³-hybridized carbons (Fsp3) is 0.429. The van der Waals surface area contributed by atoms with Crippen molar-refractivity contribution in [3.8, 4) is 0 Å². The average Bonchev–Trinajstić information content (AvgIpc) is 2.32. The first-order valence-corrected chi connectivity index (χ1v) is 7.07. The van der Waals surface area contributed by atoms with Crippen LogP contribution in [0.4, 0.5) is 10.5 Å². The van der Waals surface area contributed by atoms with Crippen LogP contribution in [-0.2, 0) is 4.79 Å². The fourth-order valence-electron chi connectivity index (χ4n) is 2.14. The second-order valence-electron chi connectivity index (χ2n) is 5.68. The van der Waals surface area contributed by atoms with Gasteiger partial charge in [0.1, 0.15) is 0 Å². The van der Waals surface area contributed by atoms with E-state index in [0.717, 1.165) is 4.90 Å². The number of nitrogens with zero attached hydrogens (tertiary/aromatic N) is 2. The van der Waals surface area contributed by atoms with Crippen LogP contribution in [-0.4, -0.2) is 28.9 Å². The maximum absolute atomic E-state index is 12.5. The Balaban J connectivity index is 2.40. The maximum atomic E-state index is 12.5. The van der Waals surface area contributed by atoms with Crippen LogP contribution in [0.5, 0.6) is 0 Å². The van der Waals surface area contributed by atoms with Crippen molar-refractivity contribution in [2.24, 2.45) is 0 Å². The highest BCUT2D eigenvalue weighted by Gasteiger charge is 2.38. The van der Waals surface area contributed by atoms with Crippen LogP contribution in [0.15, 0.2) is 18.2 Å². The molecule has 2 rings (SSSR count). The van der Waals surface area contributed by atoms with Gasteiger partial charge in [-0.05, 0) is 39.0 Å². The van der Waals surface area contributed by atoms with Gasteiger partial charge in [-0.3, -0.25) is 4.79 Å². The molecule has 6 heteroatoms. The van der Waals surface area contributed by atoms with Crippen molar-refractivity contribution in [3.05, 3.63) is 28.2 Å². The summed E-state index contributed by atoms with van der Waals surface area (Å²) in [7, 11) is 0. The Morgan fingerprint density at radius 1 is 1.10 bits per heavy atom. The summed E-state index contributed by atoms with van der Waals surface area (Å²) >= 11 is 11.8. The Hall–Kier alpha value is -1.26. The number of rotatable bonds is 1. The van der Waals surface area contributed by atoms with Crippen LogP contribution in [0.25, 0.3) is 0 Å². The smallest absolute Gasteiger partial charge is 0.319 e. The zero-order valence-corrected chi connectivity index (χ0v) is 13.1. The lowest BCUT2D eigenvalue weighted by molar-refractivity contribution is -0.119. The van der Waals surface area contributed by atoms with E-state index in [9.17, 15) is 9.59 Å². The Morgan fingerprint density at radius 2 is 1.75 bits per heavy atom. The molecule has 108 valence electrons. The summed E-state index contributed by atoms with van der Waals surface area (Å²) < 4.78 is 0. The summed E-state index contributed by atoms with van der Waals surface area (Å²) in [5.41, 5.74) is 0.107. The fourth-order valence-corrected chi connectivity index (χ4v) is 2.44. The van der Waals surface area contributed by atoms with Crippen molar-refractivity contribution in [3.63, 3.8) is 0 Å². The van der Waals surface area contributed by atoms with Crippen molar-refractivity contribution >= 4 is 40.8 Å². The van der Waals surface area contributed by atoms with Crippen molar-refractivity contribution in [2.75, 3.05) is 11.4 Å². The number of hydrogen-bond donors (Lipinski definition) is 0. The van der Waals surface area contributed by atoms with E-state index >= 15 is 0 Å². The third-order valence-electron chi connectivity index (χ3n) is 3.19. The van der Waals surface area contributed by atoms with Gasteiger partial charge < -0.3 is 4.90 Å². The lowest BCUT2D eigenvalue weighted by Gasteiger charge is -2.42. The number of amides is 3. The number of carbonyl (C=O) groups is 2. The summed E-state index contributed by atoms with van der Waals surface area (Å²) in [4.78, 5) is 27.5. The number of hydrogen-bond acceptors (Lipinski definition) is 2. The SMILES string of the molecule is CC(C)(C)N1CCC(=O)N(c2ccc(Cl)c(Cl)c2)C1=O. The molecular formula is C14H16Cl2N2O2. The Morgan fingerprint density at radius 3 is 2.30 bits per heavy atom. The lowest BCUT2D eigenvalue weighted by Crippen LogP contribution is -2.58. The predicted molar refractivity (Wildman–Crippen MR) is 80.4 cm³/mol. The van der Waals surface area contributed by atoms with E-state index < -0.39 is 0 Å². The van der Waals surface area contributed by atoms with Crippen LogP contribution in [0.2, 0.25) is 10.0 Å². The quantitative estimate of drug-likeness (QED) is 0.787. The minimum Gasteiger partial charge on any atom is -0.319 e. The number of benzene rings is 1. The van der Waals surface area contributed by atoms with E-state index in [1.807, 2.05) is 20.8 Å². The first kappa shape index (κ1) is 15.1. The molecule has 0 atom stereocenters. The average molecular weight is 315 g/mol. The Bertz CT molecular complexity index is 567. The molecule has 1 aromatic rings. The molecule has 1 heterocycles. The zero-order chi connectivity index (χ0) is 15.1. The molecule has 20 heavy (non-hydrogen) atoms. The number of urea groups is 1. The minimum absolute atomic E-state index is 0.228. The summed E-state index contributed by atoms with van der Waals surface area (Å²) in [5.74, 6) is -0.228. The normalized spacial score (nSPS) is 16.9. The molecule has 0 aliphatic carbocycles. The topological polar surface area (TPSA) is 40.6 Å². The summed E-state index contributed by atoms with van der Waals surface area (Å²) in [6.45, 7) is 6.24. The lowest BCUT2D eigenvalue weighted by atomic mass is 10.0. The Kier molecular flexibility index (Phi) is 3.98. The van der Waals surface area contributed by atoms with Gasteiger partial charge >= 0.3 is 6.03 Å². The molecule has 0 N–H and O–H groups in total. The highest BCUT2D eigenvalue weighted by molar-refractivity contribution is 6.42. The molecule has 0 aromatic heterocycles. The second kappa shape index (κ2) is 5.26. The Labute approximate surface area is 128 Å². The van der Waals surface area contributed by atoms with Crippen molar-refractivity contribution in [1.82, 2.24) is 4.90 Å².